The number of hydrogen-bond donors (Lipinski definition) is 3. The van der Waals surface area contributed by atoms with Crippen molar-refractivity contribution in [2.75, 3.05) is 10.7 Å². The average Bonchev–Trinajstić information content (AvgIpc) is 2.32. The molecule has 1 unspecified atom stereocenters. The fourth-order valence-corrected chi connectivity index (χ4v) is 1.85. The van der Waals surface area contributed by atoms with Gasteiger partial charge in [0, 0.05) is 12.2 Å². The van der Waals surface area contributed by atoms with Gasteiger partial charge in [0.2, 0.25) is 5.95 Å². The van der Waals surface area contributed by atoms with Crippen LogP contribution in [0.5, 0.6) is 0 Å². The number of halogens is 1. The topological polar surface area (TPSA) is 75.9 Å². The van der Waals surface area contributed by atoms with Crippen LogP contribution in [0.2, 0.25) is 0 Å². The number of nitrogens with one attached hydrogen (secondary N) is 2. The monoisotopic (exact) mass is 301 g/mol. The minimum absolute atomic E-state index is 0.387. The molecule has 4 N–H and O–H groups in total. The lowest BCUT2D eigenvalue weighted by atomic mass is 10.1. The molecule has 0 fully saturated rings. The summed E-state index contributed by atoms with van der Waals surface area (Å²) in [6, 6.07) is 0.387. The quantitative estimate of drug-likeness (QED) is 0.410. The molecule has 0 saturated heterocycles. The van der Waals surface area contributed by atoms with Crippen molar-refractivity contribution in [2.45, 2.75) is 45.6 Å². The number of anilines is 2. The molecule has 0 aliphatic heterocycles. The van der Waals surface area contributed by atoms with Crippen LogP contribution < -0.4 is 16.6 Å². The van der Waals surface area contributed by atoms with Gasteiger partial charge in [0.1, 0.15) is 5.82 Å². The van der Waals surface area contributed by atoms with Gasteiger partial charge in [-0.25, -0.2) is 10.8 Å². The zero-order valence-corrected chi connectivity index (χ0v) is 11.9. The van der Waals surface area contributed by atoms with Crippen LogP contribution in [-0.2, 0) is 0 Å². The highest BCUT2D eigenvalue weighted by atomic mass is 79.9. The lowest BCUT2D eigenvalue weighted by molar-refractivity contribution is 0.613. The highest BCUT2D eigenvalue weighted by Crippen LogP contribution is 2.21. The van der Waals surface area contributed by atoms with E-state index in [1.165, 1.54) is 19.3 Å². The van der Waals surface area contributed by atoms with E-state index in [2.05, 4.69) is 50.5 Å². The van der Waals surface area contributed by atoms with Crippen LogP contribution in [0.15, 0.2) is 10.7 Å². The van der Waals surface area contributed by atoms with Gasteiger partial charge >= 0.3 is 0 Å². The maximum absolute atomic E-state index is 5.28. The van der Waals surface area contributed by atoms with Crippen LogP contribution in [-0.4, -0.2) is 16.0 Å². The molecule has 1 rings (SSSR count). The first-order valence-electron chi connectivity index (χ1n) is 5.93. The summed E-state index contributed by atoms with van der Waals surface area (Å²) in [6.45, 7) is 4.36. The summed E-state index contributed by atoms with van der Waals surface area (Å²) in [4.78, 5) is 8.26. The SMILES string of the molecule is CCCCCC(C)Nc1nc(NN)ncc1Br. The van der Waals surface area contributed by atoms with E-state index in [4.69, 9.17) is 5.84 Å². The second-order valence-electron chi connectivity index (χ2n) is 4.08. The van der Waals surface area contributed by atoms with Gasteiger partial charge in [-0.15, -0.1) is 0 Å². The molecule has 0 saturated carbocycles. The van der Waals surface area contributed by atoms with Crippen LogP contribution >= 0.6 is 15.9 Å². The van der Waals surface area contributed by atoms with E-state index in [1.807, 2.05) is 0 Å². The summed E-state index contributed by atoms with van der Waals surface area (Å²) in [5.41, 5.74) is 2.44. The summed E-state index contributed by atoms with van der Waals surface area (Å²) in [7, 11) is 0. The Hall–Kier alpha value is -0.880. The van der Waals surface area contributed by atoms with E-state index >= 15 is 0 Å². The number of hydrazine groups is 1. The highest BCUT2D eigenvalue weighted by molar-refractivity contribution is 9.10. The van der Waals surface area contributed by atoms with Crippen LogP contribution in [0.4, 0.5) is 11.8 Å². The Morgan fingerprint density at radius 3 is 2.88 bits per heavy atom. The normalized spacial score (nSPS) is 12.2. The molecular weight excluding hydrogens is 282 g/mol. The number of rotatable bonds is 7. The smallest absolute Gasteiger partial charge is 0.239 e. The van der Waals surface area contributed by atoms with Crippen LogP contribution in [0.1, 0.15) is 39.5 Å². The van der Waals surface area contributed by atoms with Crippen LogP contribution in [0.25, 0.3) is 0 Å². The number of unbranched alkanes of at least 4 members (excludes halogenated alkanes) is 2. The Labute approximate surface area is 111 Å². The molecule has 0 aromatic carbocycles. The van der Waals surface area contributed by atoms with Gasteiger partial charge in [0.15, 0.2) is 0 Å². The predicted octanol–water partition coefficient (Wildman–Crippen LogP) is 2.91. The first-order valence-corrected chi connectivity index (χ1v) is 6.72. The fraction of sp³-hybridized carbons (Fsp3) is 0.636. The molecule has 96 valence electrons. The average molecular weight is 302 g/mol. The third kappa shape index (κ3) is 4.87. The van der Waals surface area contributed by atoms with Gasteiger partial charge in [-0.2, -0.15) is 4.98 Å². The Morgan fingerprint density at radius 1 is 1.47 bits per heavy atom. The Bertz CT molecular complexity index is 345. The van der Waals surface area contributed by atoms with Crippen molar-refractivity contribution in [2.24, 2.45) is 5.84 Å². The predicted molar refractivity (Wildman–Crippen MR) is 74.8 cm³/mol. The van der Waals surface area contributed by atoms with E-state index < -0.39 is 0 Å². The minimum atomic E-state index is 0.387. The standard InChI is InChI=1S/C11H20BrN5/c1-3-4-5-6-8(2)15-10-9(12)7-14-11(16-10)17-13/h7-8H,3-6,13H2,1-2H3,(H2,14,15,16,17). The van der Waals surface area contributed by atoms with Crippen molar-refractivity contribution >= 4 is 27.7 Å². The minimum Gasteiger partial charge on any atom is -0.367 e. The summed E-state index contributed by atoms with van der Waals surface area (Å²) in [5, 5.41) is 3.35. The summed E-state index contributed by atoms with van der Waals surface area (Å²) < 4.78 is 0.846. The number of hydrogen-bond acceptors (Lipinski definition) is 5. The fourth-order valence-electron chi connectivity index (χ4n) is 1.54. The lowest BCUT2D eigenvalue weighted by Gasteiger charge is -2.15. The maximum Gasteiger partial charge on any atom is 0.239 e. The van der Waals surface area contributed by atoms with Crippen molar-refractivity contribution in [3.63, 3.8) is 0 Å². The number of aromatic nitrogens is 2. The van der Waals surface area contributed by atoms with E-state index in [0.29, 0.717) is 12.0 Å². The summed E-state index contributed by atoms with van der Waals surface area (Å²) >= 11 is 3.41. The van der Waals surface area contributed by atoms with Crippen LogP contribution in [0, 0.1) is 0 Å². The first kappa shape index (κ1) is 14.2. The Morgan fingerprint density at radius 2 is 2.24 bits per heavy atom. The molecule has 1 atom stereocenters. The molecule has 5 nitrogen and oxygen atoms in total. The maximum atomic E-state index is 5.28. The third-order valence-corrected chi connectivity index (χ3v) is 3.08. The molecule has 17 heavy (non-hydrogen) atoms. The molecule has 0 spiro atoms. The number of nitrogens with zero attached hydrogens (tertiary/aromatic N) is 2. The van der Waals surface area contributed by atoms with Gasteiger partial charge in [0.25, 0.3) is 0 Å². The van der Waals surface area contributed by atoms with Crippen molar-refractivity contribution in [1.29, 1.82) is 0 Å². The molecule has 1 heterocycles. The molecule has 0 radical (unpaired) electrons. The zero-order valence-electron chi connectivity index (χ0n) is 10.3. The van der Waals surface area contributed by atoms with Gasteiger partial charge in [0.05, 0.1) is 4.47 Å². The number of nitrogens with two attached hydrogens (primary N) is 1. The lowest BCUT2D eigenvalue weighted by Crippen LogP contribution is -2.18. The van der Waals surface area contributed by atoms with Gasteiger partial charge < -0.3 is 5.32 Å². The molecule has 6 heteroatoms. The van der Waals surface area contributed by atoms with Crippen molar-refractivity contribution in [3.05, 3.63) is 10.7 Å². The van der Waals surface area contributed by atoms with Crippen molar-refractivity contribution < 1.29 is 0 Å². The summed E-state index contributed by atoms with van der Waals surface area (Å²) in [5.74, 6) is 6.47. The van der Waals surface area contributed by atoms with Gasteiger partial charge in [-0.05, 0) is 29.3 Å². The molecule has 0 amide bonds. The molecule has 0 aliphatic carbocycles. The molecule has 1 aromatic heterocycles. The number of nitrogen functional groups attached to an aromatic ring is 1. The van der Waals surface area contributed by atoms with Gasteiger partial charge in [-0.1, -0.05) is 26.2 Å². The molecule has 0 bridgehead atoms. The second-order valence-corrected chi connectivity index (χ2v) is 4.93. The first-order chi connectivity index (χ1) is 8.17. The largest absolute Gasteiger partial charge is 0.367 e. The second kappa shape index (κ2) is 7.45. The van der Waals surface area contributed by atoms with E-state index in [1.54, 1.807) is 6.20 Å². The molecular formula is C11H20BrN5. The summed E-state index contributed by atoms with van der Waals surface area (Å²) in [6.07, 6.45) is 6.56. The van der Waals surface area contributed by atoms with Crippen molar-refractivity contribution in [1.82, 2.24) is 9.97 Å². The highest BCUT2D eigenvalue weighted by Gasteiger charge is 2.07. The van der Waals surface area contributed by atoms with Crippen LogP contribution in [0.3, 0.4) is 0 Å². The van der Waals surface area contributed by atoms with E-state index in [-0.39, 0.29) is 0 Å². The molecule has 0 aliphatic rings. The van der Waals surface area contributed by atoms with Crippen molar-refractivity contribution in [3.8, 4) is 0 Å². The Balaban J connectivity index is 2.54. The zero-order chi connectivity index (χ0) is 12.7. The Kier molecular flexibility index (Phi) is 6.21. The van der Waals surface area contributed by atoms with E-state index in [9.17, 15) is 0 Å². The van der Waals surface area contributed by atoms with Gasteiger partial charge in [-0.3, -0.25) is 5.43 Å². The molecule has 1 aromatic rings. The van der Waals surface area contributed by atoms with E-state index in [0.717, 1.165) is 16.7 Å². The third-order valence-electron chi connectivity index (χ3n) is 2.50.